The van der Waals surface area contributed by atoms with E-state index in [1.165, 1.54) is 66.8 Å². The van der Waals surface area contributed by atoms with Crippen molar-refractivity contribution in [3.05, 3.63) is 237 Å². The summed E-state index contributed by atoms with van der Waals surface area (Å²) in [5.74, 6) is 0. The van der Waals surface area contributed by atoms with Gasteiger partial charge in [-0.3, -0.25) is 0 Å². The summed E-state index contributed by atoms with van der Waals surface area (Å²) in [7, 11) is 0. The molecule has 0 spiro atoms. The van der Waals surface area contributed by atoms with Gasteiger partial charge in [-0.2, -0.15) is 0 Å². The van der Waals surface area contributed by atoms with Crippen molar-refractivity contribution in [3.63, 3.8) is 0 Å². The minimum absolute atomic E-state index is 1.08. The molecule has 0 fully saturated rings. The van der Waals surface area contributed by atoms with Crippen LogP contribution in [0.15, 0.2) is 237 Å². The highest BCUT2D eigenvalue weighted by molar-refractivity contribution is 5.95. The van der Waals surface area contributed by atoms with Gasteiger partial charge in [0, 0.05) is 17.1 Å². The molecule has 0 N–H and O–H groups in total. The first kappa shape index (κ1) is 33.6. The van der Waals surface area contributed by atoms with E-state index in [2.05, 4.69) is 241 Å². The molecule has 0 bridgehead atoms. The maximum atomic E-state index is 2.40. The van der Waals surface area contributed by atoms with Crippen LogP contribution in [0.3, 0.4) is 0 Å². The summed E-state index contributed by atoms with van der Waals surface area (Å²) in [6.45, 7) is 0. The molecule has 260 valence electrons. The maximum Gasteiger partial charge on any atom is 0.0473 e. The van der Waals surface area contributed by atoms with Crippen molar-refractivity contribution < 1.29 is 0 Å². The molecule has 55 heavy (non-hydrogen) atoms. The summed E-state index contributed by atoms with van der Waals surface area (Å²) in [5, 5.41) is 0. The third kappa shape index (κ3) is 7.12. The lowest BCUT2D eigenvalue weighted by Gasteiger charge is -2.28. The zero-order chi connectivity index (χ0) is 36.8. The molecule has 0 saturated carbocycles. The summed E-state index contributed by atoms with van der Waals surface area (Å²) >= 11 is 0. The number of nitrogens with zero attached hydrogens (tertiary/aromatic N) is 1. The van der Waals surface area contributed by atoms with E-state index in [4.69, 9.17) is 0 Å². The van der Waals surface area contributed by atoms with E-state index in [1.807, 2.05) is 0 Å². The molecule has 9 aromatic carbocycles. The molecule has 0 saturated heterocycles. The molecule has 0 atom stereocenters. The van der Waals surface area contributed by atoms with E-state index >= 15 is 0 Å². The molecule has 1 nitrogen and oxygen atoms in total. The highest BCUT2D eigenvalue weighted by Gasteiger charge is 2.18. The van der Waals surface area contributed by atoms with Gasteiger partial charge in [0.15, 0.2) is 0 Å². The van der Waals surface area contributed by atoms with Crippen molar-refractivity contribution in [3.8, 4) is 66.8 Å². The molecule has 9 aromatic rings. The molecular weight excluding hydrogens is 663 g/mol. The first-order valence-electron chi connectivity index (χ1n) is 18.8. The van der Waals surface area contributed by atoms with Crippen LogP contribution in [0.25, 0.3) is 66.8 Å². The standard InChI is InChI=1S/C54H39N/c1-6-18-40(19-7-1)46-28-16-29-50(37-46)55(51-38-47(41-20-8-2-9-21-41)36-48(39-51)42-22-10-3-11-23-42)49-34-32-44(33-35-49)53-31-17-30-52(43-24-12-4-13-25-43)54(53)45-26-14-5-15-27-45/h1-39H. The Morgan fingerprint density at radius 1 is 0.200 bits per heavy atom. The van der Waals surface area contributed by atoms with E-state index < -0.39 is 0 Å². The Morgan fingerprint density at radius 2 is 0.582 bits per heavy atom. The fourth-order valence-electron chi connectivity index (χ4n) is 7.59. The Labute approximate surface area is 324 Å². The second-order valence-electron chi connectivity index (χ2n) is 13.8. The Hall–Kier alpha value is -7.22. The quantitative estimate of drug-likeness (QED) is 0.145. The highest BCUT2D eigenvalue weighted by Crippen LogP contribution is 2.43. The molecular formula is C54H39N. The van der Waals surface area contributed by atoms with Gasteiger partial charge < -0.3 is 4.90 Å². The summed E-state index contributed by atoms with van der Waals surface area (Å²) in [6, 6.07) is 85.0. The van der Waals surface area contributed by atoms with Crippen LogP contribution in [0.4, 0.5) is 17.1 Å². The van der Waals surface area contributed by atoms with Crippen molar-refractivity contribution >= 4 is 17.1 Å². The van der Waals surface area contributed by atoms with Gasteiger partial charge >= 0.3 is 0 Å². The first-order valence-corrected chi connectivity index (χ1v) is 18.8. The number of hydrogen-bond donors (Lipinski definition) is 0. The lowest BCUT2D eigenvalue weighted by atomic mass is 9.87. The zero-order valence-electron chi connectivity index (χ0n) is 30.5. The Morgan fingerprint density at radius 3 is 1.09 bits per heavy atom. The number of anilines is 3. The van der Waals surface area contributed by atoms with Crippen LogP contribution in [0.1, 0.15) is 0 Å². The fraction of sp³-hybridized carbons (Fsp3) is 0. The van der Waals surface area contributed by atoms with Gasteiger partial charge in [0.05, 0.1) is 0 Å². The average molecular weight is 702 g/mol. The van der Waals surface area contributed by atoms with Gasteiger partial charge in [-0.1, -0.05) is 194 Å². The molecule has 0 aromatic heterocycles. The van der Waals surface area contributed by atoms with Crippen LogP contribution >= 0.6 is 0 Å². The summed E-state index contributed by atoms with van der Waals surface area (Å²) in [5.41, 5.74) is 17.6. The lowest BCUT2D eigenvalue weighted by Crippen LogP contribution is -2.10. The van der Waals surface area contributed by atoms with Crippen LogP contribution in [0.5, 0.6) is 0 Å². The zero-order valence-corrected chi connectivity index (χ0v) is 30.5. The monoisotopic (exact) mass is 701 g/mol. The average Bonchev–Trinajstić information content (AvgIpc) is 3.28. The van der Waals surface area contributed by atoms with Crippen LogP contribution in [-0.4, -0.2) is 0 Å². The van der Waals surface area contributed by atoms with Crippen LogP contribution in [0.2, 0.25) is 0 Å². The molecule has 9 rings (SSSR count). The topological polar surface area (TPSA) is 3.24 Å². The van der Waals surface area contributed by atoms with Crippen molar-refractivity contribution in [2.45, 2.75) is 0 Å². The first-order chi connectivity index (χ1) is 27.3. The van der Waals surface area contributed by atoms with Crippen LogP contribution < -0.4 is 4.90 Å². The highest BCUT2D eigenvalue weighted by atomic mass is 15.1. The Kier molecular flexibility index (Phi) is 9.41. The Balaban J connectivity index is 1.22. The van der Waals surface area contributed by atoms with E-state index in [0.29, 0.717) is 0 Å². The summed E-state index contributed by atoms with van der Waals surface area (Å²) in [4.78, 5) is 2.40. The van der Waals surface area contributed by atoms with Crippen molar-refractivity contribution in [2.24, 2.45) is 0 Å². The van der Waals surface area contributed by atoms with Gasteiger partial charge in [0.25, 0.3) is 0 Å². The predicted molar refractivity (Wildman–Crippen MR) is 234 cm³/mol. The third-order valence-corrected chi connectivity index (χ3v) is 10.2. The second-order valence-corrected chi connectivity index (χ2v) is 13.8. The van der Waals surface area contributed by atoms with E-state index in [-0.39, 0.29) is 0 Å². The number of hydrogen-bond acceptors (Lipinski definition) is 1. The van der Waals surface area contributed by atoms with Gasteiger partial charge in [-0.15, -0.1) is 0 Å². The molecule has 1 heteroatoms. The normalized spacial score (nSPS) is 10.9. The number of benzene rings is 9. The largest absolute Gasteiger partial charge is 0.310 e. The van der Waals surface area contributed by atoms with E-state index in [9.17, 15) is 0 Å². The molecule has 0 aliphatic heterocycles. The molecule has 0 radical (unpaired) electrons. The SMILES string of the molecule is c1ccc(-c2cccc(N(c3ccc(-c4cccc(-c5ccccc5)c4-c4ccccc4)cc3)c3cc(-c4ccccc4)cc(-c4ccccc4)c3)c2)cc1. The van der Waals surface area contributed by atoms with E-state index in [1.54, 1.807) is 0 Å². The van der Waals surface area contributed by atoms with Crippen LogP contribution in [0, 0.1) is 0 Å². The minimum atomic E-state index is 1.08. The molecule has 0 aliphatic rings. The maximum absolute atomic E-state index is 2.40. The Bertz CT molecular complexity index is 2590. The summed E-state index contributed by atoms with van der Waals surface area (Å²) in [6.07, 6.45) is 0. The van der Waals surface area contributed by atoms with E-state index in [0.717, 1.165) is 17.1 Å². The minimum Gasteiger partial charge on any atom is -0.310 e. The van der Waals surface area contributed by atoms with Gasteiger partial charge in [0.1, 0.15) is 0 Å². The number of rotatable bonds is 9. The van der Waals surface area contributed by atoms with Gasteiger partial charge in [-0.05, 0) is 109 Å². The third-order valence-electron chi connectivity index (χ3n) is 10.2. The van der Waals surface area contributed by atoms with Crippen molar-refractivity contribution in [1.82, 2.24) is 0 Å². The van der Waals surface area contributed by atoms with Gasteiger partial charge in [-0.25, -0.2) is 0 Å². The predicted octanol–water partition coefficient (Wildman–Crippen LogP) is 15.2. The second kappa shape index (κ2) is 15.4. The van der Waals surface area contributed by atoms with Crippen molar-refractivity contribution in [2.75, 3.05) is 4.90 Å². The lowest BCUT2D eigenvalue weighted by molar-refractivity contribution is 1.28. The van der Waals surface area contributed by atoms with Gasteiger partial charge in [0.2, 0.25) is 0 Å². The molecule has 0 heterocycles. The molecule has 0 amide bonds. The smallest absolute Gasteiger partial charge is 0.0473 e. The van der Waals surface area contributed by atoms with Crippen LogP contribution in [-0.2, 0) is 0 Å². The van der Waals surface area contributed by atoms with Crippen molar-refractivity contribution in [1.29, 1.82) is 0 Å². The molecule has 0 aliphatic carbocycles. The fourth-order valence-corrected chi connectivity index (χ4v) is 7.59. The summed E-state index contributed by atoms with van der Waals surface area (Å²) < 4.78 is 0. The molecule has 0 unspecified atom stereocenters.